The van der Waals surface area contributed by atoms with Crippen molar-refractivity contribution >= 4 is 17.1 Å². The van der Waals surface area contributed by atoms with Crippen molar-refractivity contribution < 1.29 is 9.53 Å². The van der Waals surface area contributed by atoms with E-state index in [1.54, 1.807) is 48.5 Å². The van der Waals surface area contributed by atoms with Crippen molar-refractivity contribution in [3.8, 4) is 11.8 Å². The van der Waals surface area contributed by atoms with Crippen LogP contribution in [0.3, 0.4) is 0 Å². The van der Waals surface area contributed by atoms with Gasteiger partial charge in [0.1, 0.15) is 11.8 Å². The number of carbonyl (C=O) groups is 1. The first kappa shape index (κ1) is 16.2. The first-order chi connectivity index (χ1) is 12.3. The van der Waals surface area contributed by atoms with Gasteiger partial charge in [-0.15, -0.1) is 0 Å². The smallest absolute Gasteiger partial charge is 0.345 e. The monoisotopic (exact) mass is 325 g/mol. The number of allylic oxidation sites excluding steroid dienone is 1. The first-order valence-corrected chi connectivity index (χ1v) is 7.82. The number of hydrogen-bond donors (Lipinski definition) is 0. The van der Waals surface area contributed by atoms with Crippen molar-refractivity contribution in [3.05, 3.63) is 102 Å². The van der Waals surface area contributed by atoms with Crippen molar-refractivity contribution in [2.75, 3.05) is 0 Å². The van der Waals surface area contributed by atoms with Gasteiger partial charge in [-0.05, 0) is 23.3 Å². The molecule has 0 N–H and O–H groups in total. The molecular formula is C22H15NO2. The summed E-state index contributed by atoms with van der Waals surface area (Å²) in [5.41, 5.74) is 1.85. The van der Waals surface area contributed by atoms with Crippen LogP contribution in [0.2, 0.25) is 0 Å². The summed E-state index contributed by atoms with van der Waals surface area (Å²) in [5, 5.41) is 9.71. The first-order valence-electron chi connectivity index (χ1n) is 7.82. The highest BCUT2D eigenvalue weighted by Crippen LogP contribution is 2.28. The maximum atomic E-state index is 12.9. The quantitative estimate of drug-likeness (QED) is 0.229. The Balaban J connectivity index is 2.12. The van der Waals surface area contributed by atoms with Gasteiger partial charge in [0, 0.05) is 0 Å². The summed E-state index contributed by atoms with van der Waals surface area (Å²) >= 11 is 0. The van der Waals surface area contributed by atoms with Crippen molar-refractivity contribution in [2.45, 2.75) is 0 Å². The number of nitrogens with zero attached hydrogens (tertiary/aromatic N) is 1. The lowest BCUT2D eigenvalue weighted by Crippen LogP contribution is -2.12. The predicted molar refractivity (Wildman–Crippen MR) is 97.4 cm³/mol. The Bertz CT molecular complexity index is 924. The number of ether oxygens (including phenoxy) is 1. The predicted octanol–water partition coefficient (Wildman–Crippen LogP) is 4.73. The summed E-state index contributed by atoms with van der Waals surface area (Å²) in [6.07, 6.45) is 0. The Kier molecular flexibility index (Phi) is 5.04. The molecule has 120 valence electrons. The van der Waals surface area contributed by atoms with Gasteiger partial charge in [0.25, 0.3) is 0 Å². The standard InChI is InChI=1S/C22H15NO2/c23-16-20(17-10-4-1-5-11-17)21(18-12-6-2-7-13-18)22(24)25-19-14-8-3-9-15-19/h1-15H. The zero-order valence-electron chi connectivity index (χ0n) is 13.4. The Hall–Kier alpha value is -3.64. The van der Waals surface area contributed by atoms with Crippen LogP contribution in [0.4, 0.5) is 0 Å². The Morgan fingerprint density at radius 2 is 1.20 bits per heavy atom. The van der Waals surface area contributed by atoms with Crippen LogP contribution >= 0.6 is 0 Å². The van der Waals surface area contributed by atoms with E-state index >= 15 is 0 Å². The molecule has 0 radical (unpaired) electrons. The van der Waals surface area contributed by atoms with Gasteiger partial charge in [-0.2, -0.15) is 5.26 Å². The number of nitriles is 1. The SMILES string of the molecule is N#CC(=C(C(=O)Oc1ccccc1)c1ccccc1)c1ccccc1. The number of esters is 1. The summed E-state index contributed by atoms with van der Waals surface area (Å²) in [6.45, 7) is 0. The van der Waals surface area contributed by atoms with Crippen molar-refractivity contribution in [3.63, 3.8) is 0 Å². The second-order valence-electron chi connectivity index (χ2n) is 5.30. The van der Waals surface area contributed by atoms with Gasteiger partial charge in [-0.1, -0.05) is 78.9 Å². The molecule has 0 unspecified atom stereocenters. The van der Waals surface area contributed by atoms with Crippen LogP contribution in [0, 0.1) is 11.3 Å². The molecular weight excluding hydrogens is 310 g/mol. The molecule has 3 rings (SSSR count). The van der Waals surface area contributed by atoms with E-state index in [-0.39, 0.29) is 11.1 Å². The molecule has 0 aliphatic heterocycles. The largest absolute Gasteiger partial charge is 0.423 e. The molecule has 3 heteroatoms. The summed E-state index contributed by atoms with van der Waals surface area (Å²) in [4.78, 5) is 12.9. The Morgan fingerprint density at radius 3 is 1.72 bits per heavy atom. The van der Waals surface area contributed by atoms with Gasteiger partial charge >= 0.3 is 5.97 Å². The minimum absolute atomic E-state index is 0.248. The van der Waals surface area contributed by atoms with Crippen LogP contribution in [0.1, 0.15) is 11.1 Å². The molecule has 0 aliphatic rings. The molecule has 0 aromatic heterocycles. The Morgan fingerprint density at radius 1 is 0.720 bits per heavy atom. The van der Waals surface area contributed by atoms with Crippen molar-refractivity contribution in [1.82, 2.24) is 0 Å². The normalized spacial score (nSPS) is 11.2. The summed E-state index contributed by atoms with van der Waals surface area (Å²) in [6, 6.07) is 29.2. The van der Waals surface area contributed by atoms with Crippen LogP contribution in [-0.4, -0.2) is 5.97 Å². The Labute approximate surface area is 146 Å². The molecule has 25 heavy (non-hydrogen) atoms. The highest BCUT2D eigenvalue weighted by molar-refractivity contribution is 6.27. The number of carbonyl (C=O) groups excluding carboxylic acids is 1. The van der Waals surface area contributed by atoms with E-state index in [0.29, 0.717) is 16.9 Å². The van der Waals surface area contributed by atoms with Gasteiger partial charge in [0.05, 0.1) is 11.1 Å². The highest BCUT2D eigenvalue weighted by atomic mass is 16.5. The van der Waals surface area contributed by atoms with Crippen LogP contribution in [-0.2, 0) is 4.79 Å². The third-order valence-corrected chi connectivity index (χ3v) is 3.64. The third kappa shape index (κ3) is 3.82. The van der Waals surface area contributed by atoms with Gasteiger partial charge in [0.15, 0.2) is 0 Å². The van der Waals surface area contributed by atoms with E-state index in [1.807, 2.05) is 42.5 Å². The van der Waals surface area contributed by atoms with Crippen LogP contribution in [0.25, 0.3) is 11.1 Å². The molecule has 3 aromatic rings. The maximum absolute atomic E-state index is 12.9. The second-order valence-corrected chi connectivity index (χ2v) is 5.30. The average Bonchev–Trinajstić information content (AvgIpc) is 2.68. The molecule has 3 nitrogen and oxygen atoms in total. The zero-order valence-corrected chi connectivity index (χ0v) is 13.4. The van der Waals surface area contributed by atoms with Crippen LogP contribution in [0.15, 0.2) is 91.0 Å². The van der Waals surface area contributed by atoms with Gasteiger partial charge in [0.2, 0.25) is 0 Å². The fourth-order valence-corrected chi connectivity index (χ4v) is 2.49. The molecule has 0 bridgehead atoms. The molecule has 0 fully saturated rings. The molecule has 0 saturated heterocycles. The van der Waals surface area contributed by atoms with Gasteiger partial charge < -0.3 is 4.74 Å². The van der Waals surface area contributed by atoms with Crippen LogP contribution in [0.5, 0.6) is 5.75 Å². The lowest BCUT2D eigenvalue weighted by molar-refractivity contribution is -0.127. The van der Waals surface area contributed by atoms with E-state index < -0.39 is 5.97 Å². The molecule has 0 atom stereocenters. The number of hydrogen-bond acceptors (Lipinski definition) is 3. The summed E-state index contributed by atoms with van der Waals surface area (Å²) in [5.74, 6) is -0.121. The van der Waals surface area contributed by atoms with Gasteiger partial charge in [-0.3, -0.25) is 0 Å². The number of benzene rings is 3. The minimum atomic E-state index is -0.558. The van der Waals surface area contributed by atoms with E-state index in [2.05, 4.69) is 6.07 Å². The molecule has 0 amide bonds. The van der Waals surface area contributed by atoms with E-state index in [0.717, 1.165) is 0 Å². The van der Waals surface area contributed by atoms with E-state index in [9.17, 15) is 10.1 Å². The molecule has 0 saturated carbocycles. The topological polar surface area (TPSA) is 50.1 Å². The number of rotatable bonds is 4. The fraction of sp³-hybridized carbons (Fsp3) is 0. The lowest BCUT2D eigenvalue weighted by atomic mass is 9.95. The maximum Gasteiger partial charge on any atom is 0.345 e. The fourth-order valence-electron chi connectivity index (χ4n) is 2.49. The molecule has 0 aliphatic carbocycles. The van der Waals surface area contributed by atoms with Crippen molar-refractivity contribution in [2.24, 2.45) is 0 Å². The third-order valence-electron chi connectivity index (χ3n) is 3.64. The van der Waals surface area contributed by atoms with E-state index in [1.165, 1.54) is 0 Å². The molecule has 3 aromatic carbocycles. The summed E-state index contributed by atoms with van der Waals surface area (Å²) in [7, 11) is 0. The van der Waals surface area contributed by atoms with E-state index in [4.69, 9.17) is 4.74 Å². The summed E-state index contributed by atoms with van der Waals surface area (Å²) < 4.78 is 5.49. The molecule has 0 spiro atoms. The zero-order chi connectivity index (χ0) is 17.5. The second kappa shape index (κ2) is 7.76. The average molecular weight is 325 g/mol. The highest BCUT2D eigenvalue weighted by Gasteiger charge is 2.21. The van der Waals surface area contributed by atoms with Gasteiger partial charge in [-0.25, -0.2) is 4.79 Å². The lowest BCUT2D eigenvalue weighted by Gasteiger charge is -2.11. The van der Waals surface area contributed by atoms with Crippen molar-refractivity contribution in [1.29, 1.82) is 5.26 Å². The molecule has 0 heterocycles. The minimum Gasteiger partial charge on any atom is -0.423 e. The number of para-hydroxylation sites is 1. The van der Waals surface area contributed by atoms with Crippen LogP contribution < -0.4 is 4.74 Å².